The number of rotatable bonds is 3. The van der Waals surface area contributed by atoms with Gasteiger partial charge in [0.2, 0.25) is 6.54 Å². The number of benzene rings is 1. The molecule has 1 aromatic carbocycles. The van der Waals surface area contributed by atoms with Crippen LogP contribution in [0.4, 0.5) is 5.69 Å². The Hall–Kier alpha value is -1.58. The number of carbonyl (C=O) groups excluding carboxylic acids is 1. The summed E-state index contributed by atoms with van der Waals surface area (Å²) in [6.07, 6.45) is 8.75. The van der Waals surface area contributed by atoms with Crippen molar-refractivity contribution >= 4 is 34.8 Å². The SMILES string of the molecule is O=C(C[n+]1ccc2c(c1)CCCC2)Nc1cc(Cl)ccc1Cl. The highest BCUT2D eigenvalue weighted by Gasteiger charge is 2.16. The van der Waals surface area contributed by atoms with Gasteiger partial charge in [-0.15, -0.1) is 0 Å². The summed E-state index contributed by atoms with van der Waals surface area (Å²) in [6, 6.07) is 7.14. The molecular formula is C17H17Cl2N2O+. The van der Waals surface area contributed by atoms with Gasteiger partial charge in [-0.3, -0.25) is 4.79 Å². The van der Waals surface area contributed by atoms with E-state index in [0.717, 1.165) is 12.8 Å². The van der Waals surface area contributed by atoms with Gasteiger partial charge in [0.15, 0.2) is 12.4 Å². The summed E-state index contributed by atoms with van der Waals surface area (Å²) in [5.74, 6) is -0.120. The largest absolute Gasteiger partial charge is 0.319 e. The van der Waals surface area contributed by atoms with Crippen LogP contribution in [0.2, 0.25) is 10.0 Å². The molecule has 0 bridgehead atoms. The predicted octanol–water partition coefficient (Wildman–Crippen LogP) is 3.80. The Morgan fingerprint density at radius 1 is 1.14 bits per heavy atom. The monoisotopic (exact) mass is 335 g/mol. The standard InChI is InChI=1S/C17H16Cl2N2O/c18-14-5-6-15(19)16(9-14)20-17(22)11-21-8-7-12-3-1-2-4-13(12)10-21/h5-10H,1-4,11H2/p+1. The molecule has 22 heavy (non-hydrogen) atoms. The summed E-state index contributed by atoms with van der Waals surface area (Å²) in [4.78, 5) is 12.2. The zero-order valence-corrected chi connectivity index (χ0v) is 13.6. The molecular weight excluding hydrogens is 319 g/mol. The first kappa shape index (κ1) is 15.3. The highest BCUT2D eigenvalue weighted by Crippen LogP contribution is 2.25. The highest BCUT2D eigenvalue weighted by atomic mass is 35.5. The van der Waals surface area contributed by atoms with Crippen LogP contribution >= 0.6 is 23.2 Å². The van der Waals surface area contributed by atoms with E-state index in [0.29, 0.717) is 15.7 Å². The quantitative estimate of drug-likeness (QED) is 0.850. The summed E-state index contributed by atoms with van der Waals surface area (Å²) in [5, 5.41) is 3.83. The smallest absolute Gasteiger partial charge is 0.290 e. The maximum absolute atomic E-state index is 12.2. The first-order chi connectivity index (χ1) is 10.6. The summed E-state index contributed by atoms with van der Waals surface area (Å²) in [6.45, 7) is 0.260. The third kappa shape index (κ3) is 3.60. The molecule has 0 saturated carbocycles. The molecule has 0 spiro atoms. The minimum Gasteiger partial charge on any atom is -0.319 e. The fourth-order valence-corrected chi connectivity index (χ4v) is 3.10. The van der Waals surface area contributed by atoms with Gasteiger partial charge in [-0.05, 0) is 49.4 Å². The highest BCUT2D eigenvalue weighted by molar-refractivity contribution is 6.35. The van der Waals surface area contributed by atoms with Crippen LogP contribution in [0.25, 0.3) is 0 Å². The van der Waals surface area contributed by atoms with Crippen LogP contribution in [-0.2, 0) is 24.2 Å². The van der Waals surface area contributed by atoms with Crippen LogP contribution in [-0.4, -0.2) is 5.91 Å². The molecule has 0 saturated heterocycles. The number of amides is 1. The fourth-order valence-electron chi connectivity index (χ4n) is 2.77. The molecule has 0 radical (unpaired) electrons. The summed E-state index contributed by atoms with van der Waals surface area (Å²) in [5.41, 5.74) is 3.29. The molecule has 3 nitrogen and oxygen atoms in total. The number of pyridine rings is 1. The number of aryl methyl sites for hydroxylation is 2. The van der Waals surface area contributed by atoms with E-state index in [1.165, 1.54) is 24.0 Å². The van der Waals surface area contributed by atoms with Crippen molar-refractivity contribution in [2.24, 2.45) is 0 Å². The van der Waals surface area contributed by atoms with Gasteiger partial charge in [-0.2, -0.15) is 4.57 Å². The molecule has 114 valence electrons. The second kappa shape index (κ2) is 6.67. The molecule has 1 aliphatic rings. The molecule has 0 fully saturated rings. The van der Waals surface area contributed by atoms with Crippen molar-refractivity contribution in [3.63, 3.8) is 0 Å². The second-order valence-electron chi connectivity index (χ2n) is 5.55. The lowest BCUT2D eigenvalue weighted by atomic mass is 9.93. The number of carbonyl (C=O) groups is 1. The van der Waals surface area contributed by atoms with Crippen molar-refractivity contribution in [1.29, 1.82) is 0 Å². The van der Waals surface area contributed by atoms with Gasteiger partial charge in [0.1, 0.15) is 0 Å². The summed E-state index contributed by atoms with van der Waals surface area (Å²) < 4.78 is 1.91. The number of fused-ring (bicyclic) bond motifs is 1. The van der Waals surface area contributed by atoms with Gasteiger partial charge in [0, 0.05) is 16.7 Å². The number of halogens is 2. The van der Waals surface area contributed by atoms with Gasteiger partial charge in [-0.25, -0.2) is 0 Å². The fraction of sp³-hybridized carbons (Fsp3) is 0.294. The molecule has 1 aliphatic carbocycles. The third-order valence-electron chi connectivity index (χ3n) is 3.87. The van der Waals surface area contributed by atoms with Crippen molar-refractivity contribution in [2.45, 2.75) is 32.2 Å². The number of nitrogens with one attached hydrogen (secondary N) is 1. The third-order valence-corrected chi connectivity index (χ3v) is 4.44. The Morgan fingerprint density at radius 2 is 1.91 bits per heavy atom. The topological polar surface area (TPSA) is 33.0 Å². The molecule has 1 heterocycles. The number of hydrogen-bond donors (Lipinski definition) is 1. The van der Waals surface area contributed by atoms with E-state index in [9.17, 15) is 4.79 Å². The van der Waals surface area contributed by atoms with Crippen molar-refractivity contribution in [1.82, 2.24) is 0 Å². The van der Waals surface area contributed by atoms with E-state index >= 15 is 0 Å². The van der Waals surface area contributed by atoms with Crippen LogP contribution in [0.3, 0.4) is 0 Å². The Labute approximate surface area is 139 Å². The van der Waals surface area contributed by atoms with Crippen LogP contribution in [0.15, 0.2) is 36.7 Å². The molecule has 0 unspecified atom stereocenters. The van der Waals surface area contributed by atoms with Crippen molar-refractivity contribution < 1.29 is 9.36 Å². The van der Waals surface area contributed by atoms with E-state index in [4.69, 9.17) is 23.2 Å². The number of hydrogen-bond acceptors (Lipinski definition) is 1. The normalized spacial score (nSPS) is 13.5. The van der Waals surface area contributed by atoms with Crippen LogP contribution in [0.1, 0.15) is 24.0 Å². The Kier molecular flexibility index (Phi) is 4.65. The van der Waals surface area contributed by atoms with Gasteiger partial charge in [-0.1, -0.05) is 23.2 Å². The van der Waals surface area contributed by atoms with Gasteiger partial charge < -0.3 is 5.32 Å². The first-order valence-corrected chi connectivity index (χ1v) is 8.13. The average Bonchev–Trinajstić information content (AvgIpc) is 2.51. The van der Waals surface area contributed by atoms with Crippen molar-refractivity contribution in [2.75, 3.05) is 5.32 Å². The molecule has 0 atom stereocenters. The van der Waals surface area contributed by atoms with E-state index in [1.54, 1.807) is 18.2 Å². The van der Waals surface area contributed by atoms with E-state index in [-0.39, 0.29) is 12.5 Å². The van der Waals surface area contributed by atoms with Crippen LogP contribution < -0.4 is 9.88 Å². The first-order valence-electron chi connectivity index (χ1n) is 7.37. The van der Waals surface area contributed by atoms with Crippen LogP contribution in [0, 0.1) is 0 Å². The molecule has 0 aliphatic heterocycles. The van der Waals surface area contributed by atoms with Crippen molar-refractivity contribution in [3.05, 3.63) is 57.8 Å². The lowest BCUT2D eigenvalue weighted by Crippen LogP contribution is -2.40. The van der Waals surface area contributed by atoms with E-state index in [1.807, 2.05) is 10.8 Å². The molecule has 1 aromatic heterocycles. The molecule has 3 rings (SSSR count). The second-order valence-corrected chi connectivity index (χ2v) is 6.39. The number of aromatic nitrogens is 1. The summed E-state index contributed by atoms with van der Waals surface area (Å²) in [7, 11) is 0. The van der Waals surface area contributed by atoms with Gasteiger partial charge >= 0.3 is 0 Å². The minimum atomic E-state index is -0.120. The maximum Gasteiger partial charge on any atom is 0.290 e. The number of anilines is 1. The Morgan fingerprint density at radius 3 is 2.73 bits per heavy atom. The van der Waals surface area contributed by atoms with Crippen molar-refractivity contribution in [3.8, 4) is 0 Å². The molecule has 5 heteroatoms. The van der Waals surface area contributed by atoms with Gasteiger partial charge in [0.05, 0.1) is 10.7 Å². The molecule has 2 aromatic rings. The lowest BCUT2D eigenvalue weighted by Gasteiger charge is -2.13. The van der Waals surface area contributed by atoms with Gasteiger partial charge in [0.25, 0.3) is 5.91 Å². The minimum absolute atomic E-state index is 0.120. The zero-order chi connectivity index (χ0) is 15.5. The Bertz CT molecular complexity index is 716. The predicted molar refractivity (Wildman–Crippen MR) is 88.4 cm³/mol. The maximum atomic E-state index is 12.2. The van der Waals surface area contributed by atoms with E-state index in [2.05, 4.69) is 17.6 Å². The average molecular weight is 336 g/mol. The summed E-state index contributed by atoms with van der Waals surface area (Å²) >= 11 is 12.0. The van der Waals surface area contributed by atoms with E-state index < -0.39 is 0 Å². The number of nitrogens with zero attached hydrogens (tertiary/aromatic N) is 1. The molecule has 1 amide bonds. The van der Waals surface area contributed by atoms with Crippen LogP contribution in [0.5, 0.6) is 0 Å². The molecule has 1 N–H and O–H groups in total. The zero-order valence-electron chi connectivity index (χ0n) is 12.1. The Balaban J connectivity index is 1.70. The lowest BCUT2D eigenvalue weighted by molar-refractivity contribution is -0.684.